The third-order valence-electron chi connectivity index (χ3n) is 5.38. The van der Waals surface area contributed by atoms with Crippen LogP contribution in [0.1, 0.15) is 32.3 Å². The molecule has 1 saturated heterocycles. The Bertz CT molecular complexity index is 884. The highest BCUT2D eigenvalue weighted by Crippen LogP contribution is 2.30. The Morgan fingerprint density at radius 1 is 1.00 bits per heavy atom. The van der Waals surface area contributed by atoms with Crippen molar-refractivity contribution < 1.29 is 23.3 Å². The van der Waals surface area contributed by atoms with Crippen LogP contribution in [0.25, 0.3) is 0 Å². The Labute approximate surface area is 200 Å². The summed E-state index contributed by atoms with van der Waals surface area (Å²) in [4.78, 5) is 15.3. The predicted molar refractivity (Wildman–Crippen MR) is 127 cm³/mol. The van der Waals surface area contributed by atoms with Gasteiger partial charge in [-0.3, -0.25) is 4.90 Å². The van der Waals surface area contributed by atoms with Gasteiger partial charge in [-0.05, 0) is 44.4 Å². The molecule has 2 N–H and O–H groups in total. The largest absolute Gasteiger partial charge is 0.491 e. The number of hydrogen-bond donors (Lipinski definition) is 2. The number of rotatable bonds is 13. The SMILES string of the molecule is CCOc1cc(CN2CCC(Nc3nc(NCCOC)nc(OC)n3)CC2)cc(OCC)c1F. The van der Waals surface area contributed by atoms with Crippen LogP contribution in [0.2, 0.25) is 0 Å². The van der Waals surface area contributed by atoms with Gasteiger partial charge in [-0.25, -0.2) is 0 Å². The number of anilines is 2. The molecule has 3 rings (SSSR count). The highest BCUT2D eigenvalue weighted by atomic mass is 19.1. The molecule has 0 atom stereocenters. The van der Waals surface area contributed by atoms with E-state index in [1.165, 1.54) is 7.11 Å². The standard InChI is InChI=1S/C23H35FN6O4/c1-5-33-18-13-16(14-19(20(18)24)34-6-2)15-30-10-7-17(8-11-30)26-22-27-21(25-9-12-31-3)28-23(29-22)32-4/h13-14,17H,5-12,15H2,1-4H3,(H2,25,26,27,28,29). The van der Waals surface area contributed by atoms with Gasteiger partial charge in [0.2, 0.25) is 17.7 Å². The molecule has 11 heteroatoms. The van der Waals surface area contributed by atoms with Crippen molar-refractivity contribution in [3.63, 3.8) is 0 Å². The average molecular weight is 479 g/mol. The molecular formula is C23H35FN6O4. The van der Waals surface area contributed by atoms with Crippen LogP contribution in [0.5, 0.6) is 17.5 Å². The summed E-state index contributed by atoms with van der Waals surface area (Å²) in [5.41, 5.74) is 0.966. The highest BCUT2D eigenvalue weighted by Gasteiger charge is 2.22. The molecule has 188 valence electrons. The van der Waals surface area contributed by atoms with E-state index in [-0.39, 0.29) is 23.6 Å². The van der Waals surface area contributed by atoms with E-state index in [2.05, 4.69) is 30.5 Å². The lowest BCUT2D eigenvalue weighted by atomic mass is 10.0. The molecule has 34 heavy (non-hydrogen) atoms. The van der Waals surface area contributed by atoms with Crippen LogP contribution in [-0.2, 0) is 11.3 Å². The minimum Gasteiger partial charge on any atom is -0.491 e. The fraction of sp³-hybridized carbons (Fsp3) is 0.609. The molecule has 2 aromatic rings. The van der Waals surface area contributed by atoms with Crippen molar-refractivity contribution in [2.75, 3.05) is 64.3 Å². The summed E-state index contributed by atoms with van der Waals surface area (Å²) >= 11 is 0. The van der Waals surface area contributed by atoms with E-state index in [1.54, 1.807) is 19.2 Å². The fourth-order valence-corrected chi connectivity index (χ4v) is 3.77. The van der Waals surface area contributed by atoms with Crippen LogP contribution in [-0.4, -0.2) is 79.6 Å². The van der Waals surface area contributed by atoms with Gasteiger partial charge < -0.3 is 29.6 Å². The molecule has 1 aromatic heterocycles. The lowest BCUT2D eigenvalue weighted by Crippen LogP contribution is -2.39. The molecule has 10 nitrogen and oxygen atoms in total. The Morgan fingerprint density at radius 3 is 2.24 bits per heavy atom. The highest BCUT2D eigenvalue weighted by molar-refractivity contribution is 5.41. The van der Waals surface area contributed by atoms with Gasteiger partial charge in [-0.2, -0.15) is 19.3 Å². The third-order valence-corrected chi connectivity index (χ3v) is 5.38. The Kier molecular flexibility index (Phi) is 9.89. The Morgan fingerprint density at radius 2 is 1.65 bits per heavy atom. The second-order valence-electron chi connectivity index (χ2n) is 7.86. The number of halogens is 1. The van der Waals surface area contributed by atoms with Gasteiger partial charge >= 0.3 is 6.01 Å². The smallest absolute Gasteiger partial charge is 0.322 e. The molecule has 1 aliphatic heterocycles. The topological polar surface area (TPSA) is 103 Å². The molecule has 0 spiro atoms. The first-order valence-electron chi connectivity index (χ1n) is 11.7. The lowest BCUT2D eigenvalue weighted by Gasteiger charge is -2.32. The van der Waals surface area contributed by atoms with E-state index in [4.69, 9.17) is 18.9 Å². The molecular weight excluding hydrogens is 443 g/mol. The molecule has 0 unspecified atom stereocenters. The number of hydrogen-bond acceptors (Lipinski definition) is 10. The summed E-state index contributed by atoms with van der Waals surface area (Å²) in [5.74, 6) is 0.943. The van der Waals surface area contributed by atoms with Gasteiger partial charge in [0.25, 0.3) is 0 Å². The average Bonchev–Trinajstić information content (AvgIpc) is 2.83. The maximum absolute atomic E-state index is 14.5. The number of likely N-dealkylation sites (tertiary alicyclic amines) is 1. The summed E-state index contributed by atoms with van der Waals surface area (Å²) < 4.78 is 35.7. The van der Waals surface area contributed by atoms with Crippen LogP contribution in [0.3, 0.4) is 0 Å². The zero-order valence-electron chi connectivity index (χ0n) is 20.4. The zero-order chi connectivity index (χ0) is 24.3. The van der Waals surface area contributed by atoms with E-state index in [9.17, 15) is 4.39 Å². The van der Waals surface area contributed by atoms with Crippen molar-refractivity contribution >= 4 is 11.9 Å². The number of nitrogens with one attached hydrogen (secondary N) is 2. The lowest BCUT2D eigenvalue weighted by molar-refractivity contribution is 0.209. The van der Waals surface area contributed by atoms with Crippen LogP contribution < -0.4 is 24.8 Å². The van der Waals surface area contributed by atoms with Gasteiger partial charge in [0.1, 0.15) is 0 Å². The van der Waals surface area contributed by atoms with Crippen molar-refractivity contribution in [1.29, 1.82) is 0 Å². The number of nitrogens with zero attached hydrogens (tertiary/aromatic N) is 4. The second-order valence-corrected chi connectivity index (χ2v) is 7.86. The zero-order valence-corrected chi connectivity index (χ0v) is 20.4. The Hall–Kier alpha value is -2.92. The van der Waals surface area contributed by atoms with E-state index >= 15 is 0 Å². The van der Waals surface area contributed by atoms with Gasteiger partial charge in [-0.1, -0.05) is 0 Å². The van der Waals surface area contributed by atoms with Gasteiger partial charge in [0.15, 0.2) is 11.5 Å². The molecule has 0 radical (unpaired) electrons. The Balaban J connectivity index is 1.58. The van der Waals surface area contributed by atoms with Crippen molar-refractivity contribution in [2.24, 2.45) is 0 Å². The second kappa shape index (κ2) is 13.1. The predicted octanol–water partition coefficient (Wildman–Crippen LogP) is 2.95. The summed E-state index contributed by atoms with van der Waals surface area (Å²) in [5, 5.41) is 6.50. The number of piperidine rings is 1. The van der Waals surface area contributed by atoms with Crippen LogP contribution in [0, 0.1) is 5.82 Å². The molecule has 0 bridgehead atoms. The molecule has 0 aliphatic carbocycles. The first-order valence-corrected chi connectivity index (χ1v) is 11.7. The molecule has 1 aliphatic rings. The quantitative estimate of drug-likeness (QED) is 0.418. The minimum atomic E-state index is -0.445. The van der Waals surface area contributed by atoms with Crippen molar-refractivity contribution in [3.8, 4) is 17.5 Å². The normalized spacial score (nSPS) is 14.6. The van der Waals surface area contributed by atoms with E-state index in [1.807, 2.05) is 13.8 Å². The third kappa shape index (κ3) is 7.29. The molecule has 2 heterocycles. The maximum atomic E-state index is 14.5. The monoisotopic (exact) mass is 478 g/mol. The van der Waals surface area contributed by atoms with Crippen molar-refractivity contribution in [2.45, 2.75) is 39.3 Å². The number of ether oxygens (including phenoxy) is 4. The van der Waals surface area contributed by atoms with Gasteiger partial charge in [0.05, 0.1) is 26.9 Å². The summed E-state index contributed by atoms with van der Waals surface area (Å²) in [6.07, 6.45) is 1.83. The minimum absolute atomic E-state index is 0.223. The van der Waals surface area contributed by atoms with Gasteiger partial charge in [-0.15, -0.1) is 0 Å². The van der Waals surface area contributed by atoms with Crippen LogP contribution >= 0.6 is 0 Å². The van der Waals surface area contributed by atoms with E-state index in [0.717, 1.165) is 31.5 Å². The van der Waals surface area contributed by atoms with E-state index in [0.29, 0.717) is 44.8 Å². The number of aromatic nitrogens is 3. The number of methoxy groups -OCH3 is 2. The fourth-order valence-electron chi connectivity index (χ4n) is 3.77. The van der Waals surface area contributed by atoms with E-state index < -0.39 is 5.82 Å². The molecule has 0 amide bonds. The summed E-state index contributed by atoms with van der Waals surface area (Å²) in [6.45, 7) is 8.05. The molecule has 1 aromatic carbocycles. The van der Waals surface area contributed by atoms with Crippen molar-refractivity contribution in [3.05, 3.63) is 23.5 Å². The molecule has 0 saturated carbocycles. The van der Waals surface area contributed by atoms with Crippen LogP contribution in [0.4, 0.5) is 16.3 Å². The van der Waals surface area contributed by atoms with Crippen molar-refractivity contribution in [1.82, 2.24) is 19.9 Å². The van der Waals surface area contributed by atoms with Gasteiger partial charge in [0, 0.05) is 39.3 Å². The summed E-state index contributed by atoms with van der Waals surface area (Å²) in [6, 6.07) is 4.00. The first kappa shape index (κ1) is 25.7. The summed E-state index contributed by atoms with van der Waals surface area (Å²) in [7, 11) is 3.17. The molecule has 1 fully saturated rings. The number of benzene rings is 1. The first-order chi connectivity index (χ1) is 16.6. The van der Waals surface area contributed by atoms with Crippen LogP contribution in [0.15, 0.2) is 12.1 Å². The maximum Gasteiger partial charge on any atom is 0.322 e.